The molecule has 0 N–H and O–H groups in total. The molecule has 6 aromatic carbocycles. The van der Waals surface area contributed by atoms with Crippen molar-refractivity contribution >= 4 is 64.1 Å². The Bertz CT molecular complexity index is 2400. The van der Waals surface area contributed by atoms with Crippen LogP contribution in [0.5, 0.6) is 0 Å². The monoisotopic (exact) mass is 553 g/mol. The minimum Gasteiger partial charge on any atom is -0.294 e. The van der Waals surface area contributed by atoms with Gasteiger partial charge in [-0.2, -0.15) is 0 Å². The lowest BCUT2D eigenvalue weighted by atomic mass is 9.99. The van der Waals surface area contributed by atoms with Crippen molar-refractivity contribution in [3.63, 3.8) is 0 Å². The molecule has 0 aliphatic carbocycles. The van der Waals surface area contributed by atoms with E-state index < -0.39 is 0 Å². The van der Waals surface area contributed by atoms with Crippen molar-refractivity contribution < 1.29 is 0 Å². The van der Waals surface area contributed by atoms with E-state index in [1.54, 1.807) is 0 Å². The average molecular weight is 554 g/mol. The Balaban J connectivity index is 1.44. The van der Waals surface area contributed by atoms with Gasteiger partial charge in [0.15, 0.2) is 5.82 Å². The van der Waals surface area contributed by atoms with Crippen LogP contribution in [-0.2, 0) is 0 Å². The summed E-state index contributed by atoms with van der Waals surface area (Å²) in [6, 6.07) is 49.3. The van der Waals surface area contributed by atoms with Gasteiger partial charge >= 0.3 is 0 Å². The molecule has 3 heterocycles. The Labute approximate surface area is 246 Å². The maximum Gasteiger partial charge on any atom is 0.162 e. The Kier molecular flexibility index (Phi) is 5.07. The van der Waals surface area contributed by atoms with Crippen molar-refractivity contribution in [3.05, 3.63) is 140 Å². The third kappa shape index (κ3) is 3.46. The third-order valence-electron chi connectivity index (χ3n) is 8.20. The van der Waals surface area contributed by atoms with Crippen molar-refractivity contribution in [1.29, 1.82) is 0 Å². The van der Waals surface area contributed by atoms with Gasteiger partial charge in [-0.1, -0.05) is 109 Å². The SMILES string of the molecule is c1ccc(-c2cc(-n3c4ccccc4c4c5c(ccc6sc7ccccc7c65)ccc43)nc(-c3ccccc3)n2)cc1. The fraction of sp³-hybridized carbons (Fsp3) is 0. The van der Waals surface area contributed by atoms with Gasteiger partial charge in [0.05, 0.1) is 16.7 Å². The Morgan fingerprint density at radius 2 is 1.17 bits per heavy atom. The van der Waals surface area contributed by atoms with Gasteiger partial charge in [-0.05, 0) is 29.7 Å². The zero-order valence-electron chi connectivity index (χ0n) is 22.5. The van der Waals surface area contributed by atoms with Crippen molar-refractivity contribution in [1.82, 2.24) is 14.5 Å². The molecule has 0 atom stereocenters. The third-order valence-corrected chi connectivity index (χ3v) is 9.34. The quantitative estimate of drug-likeness (QED) is 0.218. The number of hydrogen-bond donors (Lipinski definition) is 0. The van der Waals surface area contributed by atoms with E-state index in [4.69, 9.17) is 9.97 Å². The fourth-order valence-electron chi connectivity index (χ4n) is 6.36. The topological polar surface area (TPSA) is 30.7 Å². The van der Waals surface area contributed by atoms with Crippen LogP contribution in [0.1, 0.15) is 0 Å². The Morgan fingerprint density at radius 3 is 2.00 bits per heavy atom. The van der Waals surface area contributed by atoms with Crippen LogP contribution in [0.25, 0.3) is 81.2 Å². The molecule has 0 spiro atoms. The largest absolute Gasteiger partial charge is 0.294 e. The fourth-order valence-corrected chi connectivity index (χ4v) is 7.47. The molecular formula is C38H23N3S. The molecule has 0 radical (unpaired) electrons. The van der Waals surface area contributed by atoms with E-state index in [-0.39, 0.29) is 0 Å². The first-order valence-corrected chi connectivity index (χ1v) is 14.9. The molecule has 0 aliphatic rings. The molecule has 0 saturated carbocycles. The molecule has 0 unspecified atom stereocenters. The van der Waals surface area contributed by atoms with Crippen LogP contribution in [0, 0.1) is 0 Å². The minimum atomic E-state index is 0.713. The first-order valence-electron chi connectivity index (χ1n) is 14.1. The predicted octanol–water partition coefficient (Wildman–Crippen LogP) is 10.4. The summed E-state index contributed by atoms with van der Waals surface area (Å²) in [5.41, 5.74) is 5.24. The van der Waals surface area contributed by atoms with Crippen molar-refractivity contribution in [2.24, 2.45) is 0 Å². The van der Waals surface area contributed by atoms with Crippen LogP contribution in [0.4, 0.5) is 0 Å². The zero-order valence-corrected chi connectivity index (χ0v) is 23.3. The second kappa shape index (κ2) is 9.10. The number of benzene rings is 6. The minimum absolute atomic E-state index is 0.713. The van der Waals surface area contributed by atoms with E-state index in [2.05, 4.69) is 120 Å². The molecule has 0 aliphatic heterocycles. The molecule has 0 amide bonds. The van der Waals surface area contributed by atoms with Crippen molar-refractivity contribution in [2.45, 2.75) is 0 Å². The van der Waals surface area contributed by atoms with Crippen LogP contribution >= 0.6 is 11.3 Å². The first kappa shape index (κ1) is 23.4. The van der Waals surface area contributed by atoms with Crippen LogP contribution < -0.4 is 0 Å². The summed E-state index contributed by atoms with van der Waals surface area (Å²) in [4.78, 5) is 10.2. The Morgan fingerprint density at radius 1 is 0.476 bits per heavy atom. The highest BCUT2D eigenvalue weighted by Crippen LogP contribution is 2.44. The van der Waals surface area contributed by atoms with Crippen molar-refractivity contribution in [2.75, 3.05) is 0 Å². The van der Waals surface area contributed by atoms with Gasteiger partial charge in [0.1, 0.15) is 5.82 Å². The van der Waals surface area contributed by atoms with Gasteiger partial charge in [-0.3, -0.25) is 4.57 Å². The molecule has 0 bridgehead atoms. The molecule has 42 heavy (non-hydrogen) atoms. The highest BCUT2D eigenvalue weighted by Gasteiger charge is 2.20. The van der Waals surface area contributed by atoms with Crippen LogP contribution in [0.3, 0.4) is 0 Å². The number of fused-ring (bicyclic) bond motifs is 9. The van der Waals surface area contributed by atoms with Crippen LogP contribution in [0.15, 0.2) is 140 Å². The number of aromatic nitrogens is 3. The molecule has 9 aromatic rings. The maximum atomic E-state index is 5.21. The number of rotatable bonds is 3. The summed E-state index contributed by atoms with van der Waals surface area (Å²) in [7, 11) is 0. The summed E-state index contributed by atoms with van der Waals surface area (Å²) >= 11 is 1.87. The highest BCUT2D eigenvalue weighted by atomic mass is 32.1. The predicted molar refractivity (Wildman–Crippen MR) is 178 cm³/mol. The number of hydrogen-bond acceptors (Lipinski definition) is 3. The molecular weight excluding hydrogens is 531 g/mol. The summed E-state index contributed by atoms with van der Waals surface area (Å²) < 4.78 is 4.95. The molecule has 3 aromatic heterocycles. The number of nitrogens with zero attached hydrogens (tertiary/aromatic N) is 3. The van der Waals surface area contributed by atoms with E-state index in [1.165, 1.54) is 41.7 Å². The highest BCUT2D eigenvalue weighted by molar-refractivity contribution is 7.26. The van der Waals surface area contributed by atoms with E-state index >= 15 is 0 Å². The standard InChI is InChI=1S/C38H23N3S/c1-3-11-24(12-4-1)29-23-34(40-38(39-29)26-13-5-2-6-14-26)41-30-17-9-7-15-27(30)36-31(41)21-19-25-20-22-33-37(35(25)36)28-16-8-10-18-32(28)42-33/h1-23H. The van der Waals surface area contributed by atoms with Gasteiger partial charge in [0.25, 0.3) is 0 Å². The van der Waals surface area contributed by atoms with Gasteiger partial charge in [0, 0.05) is 53.5 Å². The van der Waals surface area contributed by atoms with E-state index in [9.17, 15) is 0 Å². The molecule has 3 nitrogen and oxygen atoms in total. The smallest absolute Gasteiger partial charge is 0.162 e. The summed E-state index contributed by atoms with van der Waals surface area (Å²) in [6.45, 7) is 0. The van der Waals surface area contributed by atoms with Crippen LogP contribution in [-0.4, -0.2) is 14.5 Å². The van der Waals surface area contributed by atoms with Crippen LogP contribution in [0.2, 0.25) is 0 Å². The van der Waals surface area contributed by atoms with Crippen molar-refractivity contribution in [3.8, 4) is 28.5 Å². The maximum absolute atomic E-state index is 5.21. The summed E-state index contributed by atoms with van der Waals surface area (Å²) in [6.07, 6.45) is 0. The molecule has 0 fully saturated rings. The normalized spacial score (nSPS) is 11.8. The van der Waals surface area contributed by atoms with Gasteiger partial charge < -0.3 is 0 Å². The Hall–Kier alpha value is -5.32. The van der Waals surface area contributed by atoms with Gasteiger partial charge in [0.2, 0.25) is 0 Å². The molecule has 0 saturated heterocycles. The molecule has 4 heteroatoms. The molecule has 9 rings (SSSR count). The lowest BCUT2D eigenvalue weighted by Gasteiger charge is -2.12. The average Bonchev–Trinajstić information content (AvgIpc) is 3.61. The number of para-hydroxylation sites is 1. The van der Waals surface area contributed by atoms with Gasteiger partial charge in [-0.25, -0.2) is 9.97 Å². The molecule has 196 valence electrons. The summed E-state index contributed by atoms with van der Waals surface area (Å²) in [5.74, 6) is 1.57. The lowest BCUT2D eigenvalue weighted by molar-refractivity contribution is 1.05. The van der Waals surface area contributed by atoms with E-state index in [0.29, 0.717) is 5.82 Å². The lowest BCUT2D eigenvalue weighted by Crippen LogP contribution is -2.02. The first-order chi connectivity index (χ1) is 20.8. The second-order valence-corrected chi connectivity index (χ2v) is 11.7. The van der Waals surface area contributed by atoms with Gasteiger partial charge in [-0.15, -0.1) is 11.3 Å². The van der Waals surface area contributed by atoms with E-state index in [0.717, 1.165) is 33.7 Å². The second-order valence-electron chi connectivity index (χ2n) is 10.6. The van der Waals surface area contributed by atoms with E-state index in [1.807, 2.05) is 35.6 Å². The zero-order chi connectivity index (χ0) is 27.6. The number of thiophene rings is 1. The summed E-state index contributed by atoms with van der Waals surface area (Å²) in [5, 5.41) is 7.68.